The van der Waals surface area contributed by atoms with Gasteiger partial charge in [-0.15, -0.1) is 24.9 Å². The first-order valence-electron chi connectivity index (χ1n) is 13.3. The van der Waals surface area contributed by atoms with Gasteiger partial charge in [0.05, 0.1) is 35.8 Å². The number of aliphatic hydroxyl groups is 1. The fraction of sp³-hybridized carbons (Fsp3) is 0.552. The van der Waals surface area contributed by atoms with E-state index in [1.54, 1.807) is 33.7 Å². The summed E-state index contributed by atoms with van der Waals surface area (Å²) in [6.45, 7) is 10.4. The Kier molecular flexibility index (Phi) is 9.42. The molecule has 2 bridgehead atoms. The molecule has 1 spiro atoms. The molecule has 3 aliphatic heterocycles. The molecule has 3 fully saturated rings. The number of unbranched alkanes of at least 4 members (excludes halogenated alkanes) is 1. The second-order valence-electron chi connectivity index (χ2n) is 10.2. The van der Waals surface area contributed by atoms with Crippen molar-refractivity contribution >= 4 is 45.5 Å². The van der Waals surface area contributed by atoms with E-state index < -0.39 is 34.6 Å². The zero-order chi connectivity index (χ0) is 27.4. The number of hydrogen-bond donors (Lipinski definition) is 1. The van der Waals surface area contributed by atoms with Crippen molar-refractivity contribution in [3.63, 3.8) is 0 Å². The summed E-state index contributed by atoms with van der Waals surface area (Å²) in [4.78, 5) is 45.5. The van der Waals surface area contributed by atoms with E-state index in [0.29, 0.717) is 25.9 Å². The van der Waals surface area contributed by atoms with E-state index in [2.05, 4.69) is 36.0 Å². The lowest BCUT2D eigenvalue weighted by Gasteiger charge is -2.40. The maximum atomic E-state index is 14.4. The van der Waals surface area contributed by atoms with Crippen LogP contribution >= 0.6 is 27.7 Å². The molecule has 7 nitrogen and oxygen atoms in total. The third kappa shape index (κ3) is 4.97. The van der Waals surface area contributed by atoms with Crippen molar-refractivity contribution in [2.45, 2.75) is 59.5 Å². The van der Waals surface area contributed by atoms with Crippen LogP contribution in [0.15, 0.2) is 55.6 Å². The standard InChI is InChI=1S/C29H37BrN2O5S/c1-4-7-15-31(14-6-3)27(35)25-29-17-20(30)24(38-29)22(28(36)37-16-8-5-2)23(29)26(34)32(25)21(18-33)19-12-10-9-11-13-19/h5-6,9-13,20-25,33H,2-4,7-8,14-18H2,1H3/t20?,21-,22-,23+,24-,25?,29?/m1/s1. The minimum atomic E-state index is -0.824. The Bertz CT molecular complexity index is 1050. The van der Waals surface area contributed by atoms with E-state index in [-0.39, 0.29) is 35.1 Å². The first-order valence-corrected chi connectivity index (χ1v) is 15.1. The molecular weight excluding hydrogens is 568 g/mol. The highest BCUT2D eigenvalue weighted by Gasteiger charge is 2.76. The van der Waals surface area contributed by atoms with Crippen LogP contribution in [0.4, 0.5) is 0 Å². The Balaban J connectivity index is 1.80. The number of nitrogens with zero attached hydrogens (tertiary/aromatic N) is 2. The van der Waals surface area contributed by atoms with Gasteiger partial charge in [-0.25, -0.2) is 0 Å². The monoisotopic (exact) mass is 604 g/mol. The number of amides is 2. The van der Waals surface area contributed by atoms with Gasteiger partial charge >= 0.3 is 5.97 Å². The molecule has 9 heteroatoms. The summed E-state index contributed by atoms with van der Waals surface area (Å²) >= 11 is 5.35. The number of hydrogen-bond acceptors (Lipinski definition) is 6. The number of esters is 1. The summed E-state index contributed by atoms with van der Waals surface area (Å²) in [5.41, 5.74) is 0.751. The van der Waals surface area contributed by atoms with Crippen LogP contribution in [0.25, 0.3) is 0 Å². The third-order valence-corrected chi connectivity index (χ3v) is 11.2. The van der Waals surface area contributed by atoms with E-state index >= 15 is 0 Å². The van der Waals surface area contributed by atoms with Crippen molar-refractivity contribution in [1.82, 2.24) is 9.80 Å². The molecule has 3 saturated heterocycles. The fourth-order valence-corrected chi connectivity index (χ4v) is 9.87. The van der Waals surface area contributed by atoms with E-state index in [9.17, 15) is 19.5 Å². The lowest BCUT2D eigenvalue weighted by molar-refractivity contribution is -0.154. The van der Waals surface area contributed by atoms with E-state index in [1.165, 1.54) is 0 Å². The Labute approximate surface area is 237 Å². The van der Waals surface area contributed by atoms with E-state index in [0.717, 1.165) is 18.4 Å². The quantitative estimate of drug-likeness (QED) is 0.158. The zero-order valence-electron chi connectivity index (χ0n) is 21.8. The Morgan fingerprint density at radius 1 is 1.32 bits per heavy atom. The number of benzene rings is 1. The average molecular weight is 606 g/mol. The van der Waals surface area contributed by atoms with Crippen LogP contribution in [0.5, 0.6) is 0 Å². The molecule has 1 aromatic rings. The van der Waals surface area contributed by atoms with Gasteiger partial charge < -0.3 is 19.6 Å². The zero-order valence-corrected chi connectivity index (χ0v) is 24.2. The molecule has 3 unspecified atom stereocenters. The largest absolute Gasteiger partial charge is 0.465 e. The van der Waals surface area contributed by atoms with Gasteiger partial charge in [0.2, 0.25) is 11.8 Å². The van der Waals surface area contributed by atoms with Gasteiger partial charge in [0, 0.05) is 23.2 Å². The highest BCUT2D eigenvalue weighted by atomic mass is 79.9. The predicted molar refractivity (Wildman–Crippen MR) is 153 cm³/mol. The fourth-order valence-electron chi connectivity index (χ4n) is 6.29. The first kappa shape index (κ1) is 28.9. The maximum absolute atomic E-state index is 14.4. The SMILES string of the molecule is C=CCCOC(=O)[C@H]1[C@@H]2SC3(CC2Br)C(C(=O)N(CC=C)CCCC)N([C@H](CO)c2ccccc2)C(=O)[C@H]13. The number of rotatable bonds is 13. The van der Waals surface area contributed by atoms with Crippen molar-refractivity contribution in [3.05, 3.63) is 61.2 Å². The molecule has 2 amide bonds. The number of halogens is 1. The lowest BCUT2D eigenvalue weighted by Crippen LogP contribution is -2.56. The number of thioether (sulfide) groups is 1. The van der Waals surface area contributed by atoms with Crippen LogP contribution in [0, 0.1) is 11.8 Å². The van der Waals surface area contributed by atoms with Gasteiger partial charge in [-0.3, -0.25) is 14.4 Å². The van der Waals surface area contributed by atoms with Crippen LogP contribution in [0.1, 0.15) is 44.2 Å². The number of likely N-dealkylation sites (tertiary alicyclic amines) is 1. The highest BCUT2D eigenvalue weighted by Crippen LogP contribution is 2.68. The predicted octanol–water partition coefficient (Wildman–Crippen LogP) is 4.12. The topological polar surface area (TPSA) is 87.2 Å². The minimum Gasteiger partial charge on any atom is -0.465 e. The highest BCUT2D eigenvalue weighted by molar-refractivity contribution is 9.09. The third-order valence-electron chi connectivity index (χ3n) is 7.94. The van der Waals surface area contributed by atoms with Crippen molar-refractivity contribution in [2.75, 3.05) is 26.3 Å². The normalized spacial score (nSPS) is 30.1. The van der Waals surface area contributed by atoms with Gasteiger partial charge in [0.1, 0.15) is 6.04 Å². The van der Waals surface area contributed by atoms with Gasteiger partial charge in [-0.05, 0) is 24.8 Å². The minimum absolute atomic E-state index is 0.0449. The summed E-state index contributed by atoms with van der Waals surface area (Å²) in [7, 11) is 0. The Morgan fingerprint density at radius 3 is 2.68 bits per heavy atom. The molecule has 3 aliphatic rings. The molecule has 1 aromatic carbocycles. The Morgan fingerprint density at radius 2 is 2.05 bits per heavy atom. The van der Waals surface area contributed by atoms with Crippen LogP contribution < -0.4 is 0 Å². The van der Waals surface area contributed by atoms with Gasteiger partial charge in [0.15, 0.2) is 0 Å². The molecule has 206 valence electrons. The molecule has 0 saturated carbocycles. The number of carbonyl (C=O) groups excluding carboxylic acids is 3. The molecule has 4 rings (SSSR count). The summed E-state index contributed by atoms with van der Waals surface area (Å²) < 4.78 is 4.79. The molecule has 0 aromatic heterocycles. The summed E-state index contributed by atoms with van der Waals surface area (Å²) in [5, 5.41) is 10.4. The van der Waals surface area contributed by atoms with Gasteiger partial charge in [-0.2, -0.15) is 0 Å². The first-order chi connectivity index (χ1) is 18.4. The lowest BCUT2D eigenvalue weighted by atomic mass is 9.71. The molecule has 1 N–H and O–H groups in total. The van der Waals surface area contributed by atoms with E-state index in [4.69, 9.17) is 4.74 Å². The molecule has 7 atom stereocenters. The summed E-state index contributed by atoms with van der Waals surface area (Å²) in [6.07, 6.45) is 6.24. The number of aliphatic hydroxyl groups excluding tert-OH is 1. The number of ether oxygens (including phenoxy) is 1. The van der Waals surface area contributed by atoms with Crippen LogP contribution in [0.2, 0.25) is 0 Å². The van der Waals surface area contributed by atoms with Crippen LogP contribution in [-0.2, 0) is 19.1 Å². The molecule has 38 heavy (non-hydrogen) atoms. The van der Waals surface area contributed by atoms with Crippen molar-refractivity contribution in [1.29, 1.82) is 0 Å². The second kappa shape index (κ2) is 12.4. The summed E-state index contributed by atoms with van der Waals surface area (Å²) in [6, 6.07) is 7.77. The molecular formula is C29H37BrN2O5S. The van der Waals surface area contributed by atoms with E-state index in [1.807, 2.05) is 30.3 Å². The average Bonchev–Trinajstić information content (AvgIpc) is 3.51. The van der Waals surface area contributed by atoms with Crippen molar-refractivity contribution in [3.8, 4) is 0 Å². The maximum Gasteiger partial charge on any atom is 0.310 e. The summed E-state index contributed by atoms with van der Waals surface area (Å²) in [5.74, 6) is -2.20. The molecule has 0 radical (unpaired) electrons. The second-order valence-corrected chi connectivity index (χ2v) is 12.9. The van der Waals surface area contributed by atoms with Crippen molar-refractivity contribution < 1.29 is 24.2 Å². The van der Waals surface area contributed by atoms with Gasteiger partial charge in [0.25, 0.3) is 0 Å². The van der Waals surface area contributed by atoms with Crippen molar-refractivity contribution in [2.24, 2.45) is 11.8 Å². The molecule has 3 heterocycles. The van der Waals surface area contributed by atoms with Crippen LogP contribution in [0.3, 0.4) is 0 Å². The number of alkyl halides is 1. The molecule has 0 aliphatic carbocycles. The van der Waals surface area contributed by atoms with Gasteiger partial charge in [-0.1, -0.05) is 71.8 Å². The Hall–Kier alpha value is -2.10. The number of carbonyl (C=O) groups is 3. The number of fused-ring (bicyclic) bond motifs is 1. The smallest absolute Gasteiger partial charge is 0.310 e. The van der Waals surface area contributed by atoms with Crippen LogP contribution in [-0.4, -0.2) is 79.9 Å².